The molecule has 4 aromatic rings. The summed E-state index contributed by atoms with van der Waals surface area (Å²) in [6.07, 6.45) is -1.12. The fourth-order valence-corrected chi connectivity index (χ4v) is 4.90. The molecule has 7 nitrogen and oxygen atoms in total. The summed E-state index contributed by atoms with van der Waals surface area (Å²) in [6.45, 7) is 0. The van der Waals surface area contributed by atoms with Crippen molar-refractivity contribution in [1.29, 1.82) is 0 Å². The second-order valence-electron chi connectivity index (χ2n) is 8.95. The normalized spacial score (nSPS) is 20.5. The molecule has 0 radical (unpaired) electrons. The first kappa shape index (κ1) is 23.6. The highest BCUT2D eigenvalue weighted by molar-refractivity contribution is 6.24. The summed E-state index contributed by atoms with van der Waals surface area (Å²) >= 11 is 0. The summed E-state index contributed by atoms with van der Waals surface area (Å²) in [6, 6.07) is 29.4. The zero-order chi connectivity index (χ0) is 26.2. The van der Waals surface area contributed by atoms with Gasteiger partial charge in [0.1, 0.15) is 17.5 Å². The lowest BCUT2D eigenvalue weighted by Crippen LogP contribution is -2.37. The van der Waals surface area contributed by atoms with E-state index in [2.05, 4.69) is 0 Å². The van der Waals surface area contributed by atoms with E-state index in [0.29, 0.717) is 22.6 Å². The number of imide groups is 1. The molecule has 188 valence electrons. The molecule has 0 bridgehead atoms. The molecule has 2 aliphatic rings. The van der Waals surface area contributed by atoms with Gasteiger partial charge in [0, 0.05) is 0 Å². The minimum atomic E-state index is -1.12. The van der Waals surface area contributed by atoms with E-state index in [1.165, 1.54) is 18.2 Å². The SMILES string of the molecule is O=C(Oc1ccc([C@H]2[C@@H]3C(=O)N(c4ccccc4F)C(=O)[C@H]3ON2c2ccccc2)cc1)c1ccccc1. The molecular weight excluding hydrogens is 487 g/mol. The molecule has 0 saturated carbocycles. The average molecular weight is 509 g/mol. The summed E-state index contributed by atoms with van der Waals surface area (Å²) in [7, 11) is 0. The molecule has 2 amide bonds. The Balaban J connectivity index is 1.34. The molecular formula is C30H21FN2O5. The molecule has 2 heterocycles. The predicted octanol–water partition coefficient (Wildman–Crippen LogP) is 5.10. The Hall–Kier alpha value is -4.82. The Kier molecular flexibility index (Phi) is 5.94. The molecule has 3 atom stereocenters. The minimum Gasteiger partial charge on any atom is -0.423 e. The smallest absolute Gasteiger partial charge is 0.343 e. The number of amides is 2. The number of halogens is 1. The van der Waals surface area contributed by atoms with E-state index in [1.807, 2.05) is 36.4 Å². The molecule has 0 N–H and O–H groups in total. The van der Waals surface area contributed by atoms with E-state index in [-0.39, 0.29) is 5.69 Å². The van der Waals surface area contributed by atoms with Gasteiger partial charge in [0.2, 0.25) is 5.91 Å². The van der Waals surface area contributed by atoms with Gasteiger partial charge in [-0.05, 0) is 54.1 Å². The molecule has 0 aliphatic carbocycles. The number of ether oxygens (including phenoxy) is 1. The minimum absolute atomic E-state index is 0.103. The van der Waals surface area contributed by atoms with Crippen LogP contribution in [0.15, 0.2) is 109 Å². The third-order valence-corrected chi connectivity index (χ3v) is 6.66. The highest BCUT2D eigenvalue weighted by Crippen LogP contribution is 2.48. The van der Waals surface area contributed by atoms with Crippen LogP contribution in [0.1, 0.15) is 22.0 Å². The highest BCUT2D eigenvalue weighted by atomic mass is 19.1. The Morgan fingerprint density at radius 3 is 2.08 bits per heavy atom. The van der Waals surface area contributed by atoms with Gasteiger partial charge in [-0.2, -0.15) is 0 Å². The number of para-hydroxylation sites is 2. The van der Waals surface area contributed by atoms with E-state index in [1.54, 1.807) is 59.7 Å². The van der Waals surface area contributed by atoms with Crippen LogP contribution in [0.4, 0.5) is 15.8 Å². The summed E-state index contributed by atoms with van der Waals surface area (Å²) in [5.74, 6) is -2.93. The summed E-state index contributed by atoms with van der Waals surface area (Å²) in [5.41, 5.74) is 1.64. The number of anilines is 2. The van der Waals surface area contributed by atoms with Gasteiger partial charge < -0.3 is 4.74 Å². The standard InChI is InChI=1S/C30H21FN2O5/c31-23-13-7-8-14-24(23)32-28(34)25-26(33(38-27(25)29(32)35)21-11-5-2-6-12-21)19-15-17-22(18-16-19)37-30(36)20-9-3-1-4-10-20/h1-18,25-27H/t25-,26-,27-/m0/s1. The predicted molar refractivity (Wildman–Crippen MR) is 137 cm³/mol. The molecule has 4 aromatic carbocycles. The number of carbonyl (C=O) groups excluding carboxylic acids is 3. The van der Waals surface area contributed by atoms with Crippen molar-refractivity contribution >= 4 is 29.2 Å². The number of nitrogens with zero attached hydrogens (tertiary/aromatic N) is 2. The molecule has 0 aromatic heterocycles. The largest absolute Gasteiger partial charge is 0.423 e. The quantitative estimate of drug-likeness (QED) is 0.212. The van der Waals surface area contributed by atoms with Crippen LogP contribution in [0.25, 0.3) is 0 Å². The van der Waals surface area contributed by atoms with Gasteiger partial charge in [-0.3, -0.25) is 14.4 Å². The maximum Gasteiger partial charge on any atom is 0.343 e. The second-order valence-corrected chi connectivity index (χ2v) is 8.95. The van der Waals surface area contributed by atoms with Crippen molar-refractivity contribution in [3.05, 3.63) is 126 Å². The summed E-state index contributed by atoms with van der Waals surface area (Å²) < 4.78 is 20.0. The van der Waals surface area contributed by atoms with Gasteiger partial charge in [0.25, 0.3) is 5.91 Å². The van der Waals surface area contributed by atoms with Crippen molar-refractivity contribution in [3.63, 3.8) is 0 Å². The van der Waals surface area contributed by atoms with Gasteiger partial charge in [-0.1, -0.05) is 60.7 Å². The van der Waals surface area contributed by atoms with E-state index in [0.717, 1.165) is 4.90 Å². The number of esters is 1. The molecule has 2 saturated heterocycles. The van der Waals surface area contributed by atoms with Crippen molar-refractivity contribution in [3.8, 4) is 5.75 Å². The fourth-order valence-electron chi connectivity index (χ4n) is 4.90. The fraction of sp³-hybridized carbons (Fsp3) is 0.100. The second kappa shape index (κ2) is 9.57. The van der Waals surface area contributed by atoms with Gasteiger partial charge in [0.15, 0.2) is 6.10 Å². The number of rotatable bonds is 5. The van der Waals surface area contributed by atoms with Crippen LogP contribution < -0.4 is 14.7 Å². The zero-order valence-electron chi connectivity index (χ0n) is 19.9. The van der Waals surface area contributed by atoms with Crippen LogP contribution >= 0.6 is 0 Å². The molecule has 38 heavy (non-hydrogen) atoms. The van der Waals surface area contributed by atoms with E-state index in [4.69, 9.17) is 9.57 Å². The number of hydroxylamine groups is 1. The van der Waals surface area contributed by atoms with E-state index >= 15 is 0 Å². The number of fused-ring (bicyclic) bond motifs is 1. The van der Waals surface area contributed by atoms with Crippen LogP contribution in [-0.4, -0.2) is 23.9 Å². The topological polar surface area (TPSA) is 76.2 Å². The maximum absolute atomic E-state index is 14.6. The summed E-state index contributed by atoms with van der Waals surface area (Å²) in [4.78, 5) is 46.4. The molecule has 0 spiro atoms. The van der Waals surface area contributed by atoms with Crippen LogP contribution in [0, 0.1) is 11.7 Å². The van der Waals surface area contributed by atoms with Crippen molar-refractivity contribution in [2.45, 2.75) is 12.1 Å². The average Bonchev–Trinajstić information content (AvgIpc) is 3.46. The third-order valence-electron chi connectivity index (χ3n) is 6.66. The van der Waals surface area contributed by atoms with Crippen molar-refractivity contribution < 1.29 is 28.3 Å². The Morgan fingerprint density at radius 2 is 1.39 bits per heavy atom. The number of benzene rings is 4. The van der Waals surface area contributed by atoms with Crippen LogP contribution in [0.3, 0.4) is 0 Å². The highest BCUT2D eigenvalue weighted by Gasteiger charge is 2.60. The van der Waals surface area contributed by atoms with E-state index in [9.17, 15) is 18.8 Å². The number of hydrogen-bond donors (Lipinski definition) is 0. The maximum atomic E-state index is 14.6. The Labute approximate surface area is 217 Å². The number of carbonyl (C=O) groups is 3. The van der Waals surface area contributed by atoms with Crippen molar-refractivity contribution in [1.82, 2.24) is 0 Å². The third kappa shape index (κ3) is 4.01. The summed E-state index contributed by atoms with van der Waals surface area (Å²) in [5, 5.41) is 1.55. The van der Waals surface area contributed by atoms with Crippen molar-refractivity contribution in [2.75, 3.05) is 9.96 Å². The van der Waals surface area contributed by atoms with Gasteiger partial charge in [-0.15, -0.1) is 0 Å². The van der Waals surface area contributed by atoms with Gasteiger partial charge in [-0.25, -0.2) is 19.1 Å². The molecule has 6 rings (SSSR count). The van der Waals surface area contributed by atoms with Gasteiger partial charge in [0.05, 0.1) is 23.0 Å². The first-order chi connectivity index (χ1) is 18.5. The molecule has 2 fully saturated rings. The van der Waals surface area contributed by atoms with Crippen LogP contribution in [0.5, 0.6) is 5.75 Å². The number of hydrogen-bond acceptors (Lipinski definition) is 6. The van der Waals surface area contributed by atoms with E-state index < -0.39 is 41.7 Å². The monoisotopic (exact) mass is 508 g/mol. The first-order valence-electron chi connectivity index (χ1n) is 12.0. The lowest BCUT2D eigenvalue weighted by molar-refractivity contribution is -0.126. The molecule has 8 heteroatoms. The Morgan fingerprint density at radius 1 is 0.763 bits per heavy atom. The van der Waals surface area contributed by atoms with Crippen LogP contribution in [-0.2, 0) is 14.4 Å². The first-order valence-corrected chi connectivity index (χ1v) is 12.0. The van der Waals surface area contributed by atoms with Gasteiger partial charge >= 0.3 is 5.97 Å². The molecule has 0 unspecified atom stereocenters. The van der Waals surface area contributed by atoms with Crippen molar-refractivity contribution in [2.24, 2.45) is 5.92 Å². The zero-order valence-corrected chi connectivity index (χ0v) is 19.9. The lowest BCUT2D eigenvalue weighted by atomic mass is 9.90. The Bertz CT molecular complexity index is 1510. The van der Waals surface area contributed by atoms with Crippen LogP contribution in [0.2, 0.25) is 0 Å². The molecule has 2 aliphatic heterocycles. The lowest BCUT2D eigenvalue weighted by Gasteiger charge is -2.28.